The van der Waals surface area contributed by atoms with E-state index >= 15 is 0 Å². The SMILES string of the molecule is Cc1ccc(NC(=O)CCCO)cn1. The van der Waals surface area contributed by atoms with E-state index in [-0.39, 0.29) is 12.5 Å². The third-order valence-corrected chi connectivity index (χ3v) is 1.76. The van der Waals surface area contributed by atoms with Crippen LogP contribution in [0.3, 0.4) is 0 Å². The average molecular weight is 194 g/mol. The number of anilines is 1. The standard InChI is InChI=1S/C10H14N2O2/c1-8-4-5-9(7-11-8)12-10(14)3-2-6-13/h4-5,7,13H,2-3,6H2,1H3,(H,12,14). The number of nitrogens with zero attached hydrogens (tertiary/aromatic N) is 1. The Morgan fingerprint density at radius 1 is 1.57 bits per heavy atom. The van der Waals surface area contributed by atoms with Crippen molar-refractivity contribution in [3.05, 3.63) is 24.0 Å². The second kappa shape index (κ2) is 5.34. The number of aromatic nitrogens is 1. The summed E-state index contributed by atoms with van der Waals surface area (Å²) in [4.78, 5) is 15.3. The first-order chi connectivity index (χ1) is 6.72. The molecule has 0 aliphatic carbocycles. The number of aliphatic hydroxyl groups is 1. The van der Waals surface area contributed by atoms with Crippen LogP contribution in [0, 0.1) is 6.92 Å². The fourth-order valence-electron chi connectivity index (χ4n) is 1.00. The number of aliphatic hydroxyl groups excluding tert-OH is 1. The van der Waals surface area contributed by atoms with Gasteiger partial charge in [-0.25, -0.2) is 0 Å². The summed E-state index contributed by atoms with van der Waals surface area (Å²) in [5.41, 5.74) is 1.61. The zero-order valence-corrected chi connectivity index (χ0v) is 8.16. The summed E-state index contributed by atoms with van der Waals surface area (Å²) >= 11 is 0. The molecule has 0 aliphatic rings. The van der Waals surface area contributed by atoms with Gasteiger partial charge in [0.25, 0.3) is 0 Å². The van der Waals surface area contributed by atoms with E-state index < -0.39 is 0 Å². The molecule has 1 heterocycles. The molecule has 1 amide bonds. The van der Waals surface area contributed by atoms with Gasteiger partial charge < -0.3 is 10.4 Å². The lowest BCUT2D eigenvalue weighted by Gasteiger charge is -2.03. The van der Waals surface area contributed by atoms with Crippen molar-refractivity contribution in [2.75, 3.05) is 11.9 Å². The predicted molar refractivity (Wildman–Crippen MR) is 53.9 cm³/mol. The van der Waals surface area contributed by atoms with E-state index in [0.717, 1.165) is 5.69 Å². The summed E-state index contributed by atoms with van der Waals surface area (Å²) < 4.78 is 0. The van der Waals surface area contributed by atoms with Crippen molar-refractivity contribution in [2.45, 2.75) is 19.8 Å². The summed E-state index contributed by atoms with van der Waals surface area (Å²) in [6.07, 6.45) is 2.45. The molecule has 14 heavy (non-hydrogen) atoms. The lowest BCUT2D eigenvalue weighted by atomic mass is 10.3. The van der Waals surface area contributed by atoms with Crippen LogP contribution in [0.5, 0.6) is 0 Å². The normalized spacial score (nSPS) is 9.86. The highest BCUT2D eigenvalue weighted by Crippen LogP contribution is 2.06. The van der Waals surface area contributed by atoms with Gasteiger partial charge in [-0.3, -0.25) is 9.78 Å². The number of amides is 1. The van der Waals surface area contributed by atoms with Crippen LogP contribution >= 0.6 is 0 Å². The first-order valence-corrected chi connectivity index (χ1v) is 4.56. The second-order valence-electron chi connectivity index (χ2n) is 3.06. The molecule has 0 atom stereocenters. The van der Waals surface area contributed by atoms with E-state index in [1.165, 1.54) is 0 Å². The molecule has 1 aromatic heterocycles. The van der Waals surface area contributed by atoms with Crippen molar-refractivity contribution >= 4 is 11.6 Å². The Bertz CT molecular complexity index is 295. The molecule has 0 bridgehead atoms. The molecule has 0 aromatic carbocycles. The van der Waals surface area contributed by atoms with Crippen molar-refractivity contribution in [3.8, 4) is 0 Å². The van der Waals surface area contributed by atoms with Gasteiger partial charge in [0.05, 0.1) is 11.9 Å². The minimum absolute atomic E-state index is 0.0412. The van der Waals surface area contributed by atoms with Gasteiger partial charge >= 0.3 is 0 Å². The second-order valence-corrected chi connectivity index (χ2v) is 3.06. The van der Waals surface area contributed by atoms with Crippen LogP contribution < -0.4 is 5.32 Å². The Labute approximate surface area is 83.0 Å². The van der Waals surface area contributed by atoms with E-state index in [9.17, 15) is 4.79 Å². The lowest BCUT2D eigenvalue weighted by Crippen LogP contribution is -2.11. The quantitative estimate of drug-likeness (QED) is 0.754. The molecule has 0 spiro atoms. The third kappa shape index (κ3) is 3.53. The fraction of sp³-hybridized carbons (Fsp3) is 0.400. The van der Waals surface area contributed by atoms with Crippen LogP contribution in [-0.2, 0) is 4.79 Å². The summed E-state index contributed by atoms with van der Waals surface area (Å²) in [5.74, 6) is -0.0929. The molecule has 0 saturated heterocycles. The Hall–Kier alpha value is -1.42. The maximum absolute atomic E-state index is 11.2. The fourth-order valence-corrected chi connectivity index (χ4v) is 1.00. The van der Waals surface area contributed by atoms with E-state index in [2.05, 4.69) is 10.3 Å². The number of rotatable bonds is 4. The van der Waals surface area contributed by atoms with Crippen LogP contribution in [0.4, 0.5) is 5.69 Å². The molecule has 0 aliphatic heterocycles. The van der Waals surface area contributed by atoms with Gasteiger partial charge in [0.2, 0.25) is 5.91 Å². The largest absolute Gasteiger partial charge is 0.396 e. The highest BCUT2D eigenvalue weighted by molar-refractivity contribution is 5.90. The summed E-state index contributed by atoms with van der Waals surface area (Å²) in [5, 5.41) is 11.2. The number of hydrogen-bond acceptors (Lipinski definition) is 3. The highest BCUT2D eigenvalue weighted by atomic mass is 16.3. The Balaban J connectivity index is 2.44. The first-order valence-electron chi connectivity index (χ1n) is 4.56. The Morgan fingerprint density at radius 3 is 2.93 bits per heavy atom. The maximum Gasteiger partial charge on any atom is 0.224 e. The number of nitrogens with one attached hydrogen (secondary N) is 1. The minimum atomic E-state index is -0.0929. The van der Waals surface area contributed by atoms with Gasteiger partial charge in [-0.1, -0.05) is 0 Å². The molecule has 1 rings (SSSR count). The van der Waals surface area contributed by atoms with Crippen LogP contribution in [0.25, 0.3) is 0 Å². The topological polar surface area (TPSA) is 62.2 Å². The van der Waals surface area contributed by atoms with Crippen LogP contribution in [-0.4, -0.2) is 22.6 Å². The maximum atomic E-state index is 11.2. The highest BCUT2D eigenvalue weighted by Gasteiger charge is 2.01. The van der Waals surface area contributed by atoms with Crippen LogP contribution in [0.15, 0.2) is 18.3 Å². The number of carbonyl (C=O) groups excluding carboxylic acids is 1. The predicted octanol–water partition coefficient (Wildman–Crippen LogP) is 1.10. The summed E-state index contributed by atoms with van der Waals surface area (Å²) in [6, 6.07) is 3.64. The molecule has 0 unspecified atom stereocenters. The number of aryl methyl sites for hydroxylation is 1. The Morgan fingerprint density at radius 2 is 2.36 bits per heavy atom. The number of carbonyl (C=O) groups is 1. The van der Waals surface area contributed by atoms with Gasteiger partial charge in [-0.2, -0.15) is 0 Å². The summed E-state index contributed by atoms with van der Waals surface area (Å²) in [7, 11) is 0. The van der Waals surface area contributed by atoms with Gasteiger partial charge in [-0.05, 0) is 25.5 Å². The molecule has 0 fully saturated rings. The zero-order chi connectivity index (χ0) is 10.4. The van der Waals surface area contributed by atoms with Crippen molar-refractivity contribution in [1.82, 2.24) is 4.98 Å². The lowest BCUT2D eigenvalue weighted by molar-refractivity contribution is -0.116. The molecule has 0 saturated carbocycles. The van der Waals surface area contributed by atoms with E-state index in [1.54, 1.807) is 12.3 Å². The van der Waals surface area contributed by atoms with Crippen molar-refractivity contribution in [2.24, 2.45) is 0 Å². The van der Waals surface area contributed by atoms with Crippen molar-refractivity contribution in [3.63, 3.8) is 0 Å². The van der Waals surface area contributed by atoms with Gasteiger partial charge in [-0.15, -0.1) is 0 Å². The molecule has 2 N–H and O–H groups in total. The average Bonchev–Trinajstić information content (AvgIpc) is 2.18. The van der Waals surface area contributed by atoms with E-state index in [4.69, 9.17) is 5.11 Å². The molecular formula is C10H14N2O2. The minimum Gasteiger partial charge on any atom is -0.396 e. The molecule has 1 aromatic rings. The van der Waals surface area contributed by atoms with E-state index in [1.807, 2.05) is 13.0 Å². The van der Waals surface area contributed by atoms with Gasteiger partial charge in [0, 0.05) is 18.7 Å². The molecule has 4 heteroatoms. The molecular weight excluding hydrogens is 180 g/mol. The third-order valence-electron chi connectivity index (χ3n) is 1.76. The Kier molecular flexibility index (Phi) is 4.07. The molecule has 0 radical (unpaired) electrons. The molecule has 4 nitrogen and oxygen atoms in total. The summed E-state index contributed by atoms with van der Waals surface area (Å²) in [6.45, 7) is 1.93. The van der Waals surface area contributed by atoms with Crippen LogP contribution in [0.1, 0.15) is 18.5 Å². The van der Waals surface area contributed by atoms with Gasteiger partial charge in [0.15, 0.2) is 0 Å². The van der Waals surface area contributed by atoms with Crippen molar-refractivity contribution in [1.29, 1.82) is 0 Å². The molecule has 76 valence electrons. The van der Waals surface area contributed by atoms with E-state index in [0.29, 0.717) is 18.5 Å². The van der Waals surface area contributed by atoms with Crippen LogP contribution in [0.2, 0.25) is 0 Å². The zero-order valence-electron chi connectivity index (χ0n) is 8.16. The number of pyridine rings is 1. The monoisotopic (exact) mass is 194 g/mol. The smallest absolute Gasteiger partial charge is 0.224 e. The van der Waals surface area contributed by atoms with Gasteiger partial charge in [0.1, 0.15) is 0 Å². The first kappa shape index (κ1) is 10.7. The number of hydrogen-bond donors (Lipinski definition) is 2. The van der Waals surface area contributed by atoms with Crippen molar-refractivity contribution < 1.29 is 9.90 Å².